The van der Waals surface area contributed by atoms with E-state index in [0.29, 0.717) is 43.9 Å². The van der Waals surface area contributed by atoms with E-state index in [-0.39, 0.29) is 12.8 Å². The molecule has 0 bridgehead atoms. The van der Waals surface area contributed by atoms with Gasteiger partial charge in [0.1, 0.15) is 11.5 Å². The van der Waals surface area contributed by atoms with E-state index < -0.39 is 11.9 Å². The lowest BCUT2D eigenvalue weighted by Crippen LogP contribution is -2.10. The fraction of sp³-hybridized carbons (Fsp3) is 0.391. The van der Waals surface area contributed by atoms with E-state index in [9.17, 15) is 9.59 Å². The predicted molar refractivity (Wildman–Crippen MR) is 120 cm³/mol. The van der Waals surface area contributed by atoms with Crippen LogP contribution in [0.15, 0.2) is 36.4 Å². The Labute approximate surface area is 182 Å². The second kappa shape index (κ2) is 12.3. The highest BCUT2D eigenvalue weighted by atomic mass is 16.5. The van der Waals surface area contributed by atoms with Crippen LogP contribution in [-0.2, 0) is 16.0 Å². The molecule has 0 heterocycles. The molecular weight excluding hydrogens is 400 g/mol. The second-order valence-electron chi connectivity index (χ2n) is 7.01. The minimum Gasteiger partial charge on any atom is -0.495 e. The van der Waals surface area contributed by atoms with Crippen molar-refractivity contribution in [2.45, 2.75) is 32.1 Å². The van der Waals surface area contributed by atoms with Crippen LogP contribution < -0.4 is 20.1 Å². The Bertz CT molecular complexity index is 813. The largest absolute Gasteiger partial charge is 0.495 e. The van der Waals surface area contributed by atoms with Crippen LogP contribution in [0, 0.1) is 0 Å². The van der Waals surface area contributed by atoms with Gasteiger partial charge < -0.3 is 30.3 Å². The molecule has 4 N–H and O–H groups in total. The third-order valence-electron chi connectivity index (χ3n) is 4.78. The van der Waals surface area contributed by atoms with E-state index in [0.717, 1.165) is 22.5 Å². The zero-order chi connectivity index (χ0) is 22.6. The summed E-state index contributed by atoms with van der Waals surface area (Å²) < 4.78 is 11.0. The first kappa shape index (κ1) is 23.9. The molecule has 8 nitrogen and oxygen atoms in total. The molecular formula is C23H30N2O6. The Kier molecular flexibility index (Phi) is 9.48. The Morgan fingerprint density at radius 3 is 1.55 bits per heavy atom. The van der Waals surface area contributed by atoms with Crippen molar-refractivity contribution >= 4 is 23.3 Å². The molecule has 2 rings (SSSR count). The molecule has 0 fully saturated rings. The number of aliphatic carboxylic acids is 2. The summed E-state index contributed by atoms with van der Waals surface area (Å²) in [7, 11) is 3.20. The molecule has 0 amide bonds. The van der Waals surface area contributed by atoms with E-state index in [1.165, 1.54) is 0 Å². The molecule has 8 heteroatoms. The molecule has 0 saturated heterocycles. The van der Waals surface area contributed by atoms with Crippen molar-refractivity contribution in [1.82, 2.24) is 0 Å². The van der Waals surface area contributed by atoms with Crippen molar-refractivity contribution < 1.29 is 29.3 Å². The van der Waals surface area contributed by atoms with Gasteiger partial charge in [-0.05, 0) is 36.1 Å². The maximum absolute atomic E-state index is 10.8. The van der Waals surface area contributed by atoms with Crippen LogP contribution in [0.25, 0.3) is 0 Å². The average molecular weight is 431 g/mol. The predicted octanol–water partition coefficient (Wildman–Crippen LogP) is 3.85. The summed E-state index contributed by atoms with van der Waals surface area (Å²) in [5, 5.41) is 24.3. The van der Waals surface area contributed by atoms with Crippen LogP contribution in [0.1, 0.15) is 36.8 Å². The molecule has 2 aromatic rings. The number of hydrogen-bond acceptors (Lipinski definition) is 6. The van der Waals surface area contributed by atoms with Gasteiger partial charge in [0.05, 0.1) is 25.6 Å². The van der Waals surface area contributed by atoms with Crippen molar-refractivity contribution in [3.05, 3.63) is 47.5 Å². The van der Waals surface area contributed by atoms with Crippen molar-refractivity contribution in [1.29, 1.82) is 0 Å². The van der Waals surface area contributed by atoms with E-state index in [4.69, 9.17) is 19.7 Å². The van der Waals surface area contributed by atoms with E-state index >= 15 is 0 Å². The second-order valence-corrected chi connectivity index (χ2v) is 7.01. The van der Waals surface area contributed by atoms with Gasteiger partial charge in [-0.3, -0.25) is 9.59 Å². The van der Waals surface area contributed by atoms with Gasteiger partial charge in [0.25, 0.3) is 0 Å². The topological polar surface area (TPSA) is 117 Å². The lowest BCUT2D eigenvalue weighted by molar-refractivity contribution is -0.138. The summed E-state index contributed by atoms with van der Waals surface area (Å²) in [5.74, 6) is -0.271. The number of carboxylic acid groups (broad SMARTS) is 2. The number of methoxy groups -OCH3 is 2. The van der Waals surface area contributed by atoms with Crippen LogP contribution in [0.3, 0.4) is 0 Å². The van der Waals surface area contributed by atoms with Gasteiger partial charge in [-0.25, -0.2) is 0 Å². The smallest absolute Gasteiger partial charge is 0.303 e. The van der Waals surface area contributed by atoms with Crippen LogP contribution in [0.5, 0.6) is 11.5 Å². The summed E-state index contributed by atoms with van der Waals surface area (Å²) >= 11 is 0. The van der Waals surface area contributed by atoms with Gasteiger partial charge in [0, 0.05) is 32.4 Å². The van der Waals surface area contributed by atoms with Gasteiger partial charge in [-0.15, -0.1) is 0 Å². The first-order valence-corrected chi connectivity index (χ1v) is 10.2. The Morgan fingerprint density at radius 1 is 0.774 bits per heavy atom. The summed E-state index contributed by atoms with van der Waals surface area (Å²) in [6.07, 6.45) is 1.78. The van der Waals surface area contributed by atoms with Crippen molar-refractivity contribution in [2.24, 2.45) is 0 Å². The van der Waals surface area contributed by atoms with Gasteiger partial charge in [0.15, 0.2) is 0 Å². The molecule has 0 spiro atoms. The summed E-state index contributed by atoms with van der Waals surface area (Å²) in [4.78, 5) is 21.6. The molecule has 0 unspecified atom stereocenters. The Hall–Kier alpha value is -3.42. The van der Waals surface area contributed by atoms with Crippen LogP contribution in [0.2, 0.25) is 0 Å². The first-order chi connectivity index (χ1) is 15.0. The number of nitrogens with one attached hydrogen (secondary N) is 2. The summed E-state index contributed by atoms with van der Waals surface area (Å²) in [6.45, 7) is 1.02. The quantitative estimate of drug-likeness (QED) is 0.334. The lowest BCUT2D eigenvalue weighted by atomic mass is 10.00. The molecule has 0 aromatic heterocycles. The number of para-hydroxylation sites is 2. The normalized spacial score (nSPS) is 10.4. The summed E-state index contributed by atoms with van der Waals surface area (Å²) in [5.41, 5.74) is 3.65. The molecule has 0 atom stereocenters. The standard InChI is InChI=1S/C23H30N2O6/c1-30-18-9-3-7-16(22(18)24-13-5-11-20(26)27)15-17-8-4-10-19(31-2)23(17)25-14-6-12-21(28)29/h3-4,7-10,24-25H,5-6,11-15H2,1-2H3,(H,26,27)(H,28,29). The number of ether oxygens (including phenoxy) is 2. The highest BCUT2D eigenvalue weighted by molar-refractivity contribution is 5.69. The molecule has 0 aliphatic carbocycles. The van der Waals surface area contributed by atoms with E-state index in [1.807, 2.05) is 36.4 Å². The number of carbonyl (C=O) groups is 2. The number of hydrogen-bond donors (Lipinski definition) is 4. The SMILES string of the molecule is COc1cccc(Cc2cccc(OC)c2NCCCC(=O)O)c1NCCCC(=O)O. The summed E-state index contributed by atoms with van der Waals surface area (Å²) in [6, 6.07) is 11.5. The lowest BCUT2D eigenvalue weighted by Gasteiger charge is -2.19. The molecule has 0 aliphatic heterocycles. The Balaban J connectivity index is 2.24. The highest BCUT2D eigenvalue weighted by Gasteiger charge is 2.14. The number of rotatable bonds is 14. The molecule has 2 aromatic carbocycles. The first-order valence-electron chi connectivity index (χ1n) is 10.2. The van der Waals surface area contributed by atoms with Gasteiger partial charge >= 0.3 is 11.9 Å². The third-order valence-corrected chi connectivity index (χ3v) is 4.78. The van der Waals surface area contributed by atoms with Crippen LogP contribution in [-0.4, -0.2) is 49.5 Å². The number of benzene rings is 2. The maximum Gasteiger partial charge on any atom is 0.303 e. The van der Waals surface area contributed by atoms with Gasteiger partial charge in [-0.2, -0.15) is 0 Å². The van der Waals surface area contributed by atoms with Crippen LogP contribution >= 0.6 is 0 Å². The van der Waals surface area contributed by atoms with Gasteiger partial charge in [-0.1, -0.05) is 24.3 Å². The van der Waals surface area contributed by atoms with Crippen molar-refractivity contribution in [3.63, 3.8) is 0 Å². The zero-order valence-electron chi connectivity index (χ0n) is 17.9. The fourth-order valence-corrected chi connectivity index (χ4v) is 3.30. The number of carboxylic acids is 2. The zero-order valence-corrected chi connectivity index (χ0v) is 17.9. The van der Waals surface area contributed by atoms with Crippen molar-refractivity contribution in [2.75, 3.05) is 37.9 Å². The van der Waals surface area contributed by atoms with E-state index in [2.05, 4.69) is 10.6 Å². The molecule has 168 valence electrons. The molecule has 0 aliphatic rings. The minimum atomic E-state index is -0.822. The Morgan fingerprint density at radius 2 is 1.19 bits per heavy atom. The number of anilines is 2. The van der Waals surface area contributed by atoms with Crippen LogP contribution in [0.4, 0.5) is 11.4 Å². The average Bonchev–Trinajstić information content (AvgIpc) is 2.75. The van der Waals surface area contributed by atoms with Crippen molar-refractivity contribution in [3.8, 4) is 11.5 Å². The fourth-order valence-electron chi connectivity index (χ4n) is 3.30. The monoisotopic (exact) mass is 430 g/mol. The minimum absolute atomic E-state index is 0.0950. The molecule has 31 heavy (non-hydrogen) atoms. The highest BCUT2D eigenvalue weighted by Crippen LogP contribution is 2.34. The maximum atomic E-state index is 10.8. The van der Waals surface area contributed by atoms with E-state index in [1.54, 1.807) is 14.2 Å². The molecule has 0 radical (unpaired) electrons. The van der Waals surface area contributed by atoms with Gasteiger partial charge in [0.2, 0.25) is 0 Å². The molecule has 0 saturated carbocycles. The third kappa shape index (κ3) is 7.40.